The monoisotopic (exact) mass is 706 g/mol. The molecule has 1 aliphatic heterocycles. The Morgan fingerprint density at radius 3 is 1.76 bits per heavy atom. The molecule has 10 aromatic rings. The Labute approximate surface area is 316 Å². The normalized spacial score (nSPS) is 12.0. The van der Waals surface area contributed by atoms with Gasteiger partial charge in [-0.05, 0) is 76.2 Å². The number of nitrogens with zero attached hydrogens (tertiary/aromatic N) is 4. The Kier molecular flexibility index (Phi) is 7.07. The van der Waals surface area contributed by atoms with Crippen molar-refractivity contribution in [2.24, 2.45) is 0 Å². The van der Waals surface area contributed by atoms with Crippen LogP contribution in [0.2, 0.25) is 0 Å². The molecular weight excluding hydrogens is 677 g/mol. The highest BCUT2D eigenvalue weighted by Gasteiger charge is 2.21. The highest BCUT2D eigenvalue weighted by atomic mass is 32.2. The number of hydrogen-bond acceptors (Lipinski definition) is 4. The van der Waals surface area contributed by atoms with Gasteiger partial charge in [-0.15, -0.1) is 0 Å². The third kappa shape index (κ3) is 5.05. The van der Waals surface area contributed by atoms with Crippen molar-refractivity contribution >= 4 is 44.3 Å². The molecule has 0 spiro atoms. The summed E-state index contributed by atoms with van der Waals surface area (Å²) in [5.74, 6) is 1.93. The van der Waals surface area contributed by atoms with E-state index in [0.29, 0.717) is 17.5 Å². The van der Waals surface area contributed by atoms with E-state index >= 15 is 0 Å². The van der Waals surface area contributed by atoms with Crippen LogP contribution in [0.25, 0.3) is 94.7 Å². The smallest absolute Gasteiger partial charge is 0.164 e. The first-order valence-corrected chi connectivity index (χ1v) is 18.9. The van der Waals surface area contributed by atoms with Crippen LogP contribution in [0, 0.1) is 0 Å². The molecule has 252 valence electrons. The second-order valence-electron chi connectivity index (χ2n) is 13.6. The molecule has 11 rings (SSSR count). The summed E-state index contributed by atoms with van der Waals surface area (Å²) in [7, 11) is 0. The molecule has 0 N–H and O–H groups in total. The first-order valence-electron chi connectivity index (χ1n) is 18.1. The molecule has 0 fully saturated rings. The summed E-state index contributed by atoms with van der Waals surface area (Å²) in [4.78, 5) is 17.6. The van der Waals surface area contributed by atoms with Gasteiger partial charge in [0.1, 0.15) is 0 Å². The Balaban J connectivity index is 1.04. The molecule has 3 heterocycles. The summed E-state index contributed by atoms with van der Waals surface area (Å²) in [6.07, 6.45) is 0. The van der Waals surface area contributed by atoms with Gasteiger partial charge in [0.15, 0.2) is 17.5 Å². The molecule has 0 bridgehead atoms. The van der Waals surface area contributed by atoms with E-state index in [1.807, 2.05) is 72.4 Å². The van der Waals surface area contributed by atoms with Crippen LogP contribution in [0.1, 0.15) is 0 Å². The van der Waals surface area contributed by atoms with Gasteiger partial charge in [-0.1, -0.05) is 145 Å². The average Bonchev–Trinajstić information content (AvgIpc) is 3.58. The van der Waals surface area contributed by atoms with Gasteiger partial charge < -0.3 is 4.57 Å². The van der Waals surface area contributed by atoms with Crippen molar-refractivity contribution in [3.05, 3.63) is 182 Å². The number of benzene rings is 8. The largest absolute Gasteiger partial charge is 0.309 e. The molecule has 0 saturated heterocycles. The molecule has 2 aromatic heterocycles. The summed E-state index contributed by atoms with van der Waals surface area (Å²) in [5.41, 5.74) is 11.2. The number of fused-ring (bicyclic) bond motifs is 5. The van der Waals surface area contributed by atoms with E-state index in [4.69, 9.17) is 15.0 Å². The van der Waals surface area contributed by atoms with Gasteiger partial charge in [-0.2, -0.15) is 0 Å². The maximum Gasteiger partial charge on any atom is 0.164 e. The molecule has 0 unspecified atom stereocenters. The third-order valence-electron chi connectivity index (χ3n) is 10.4. The van der Waals surface area contributed by atoms with Crippen LogP contribution in [0.4, 0.5) is 0 Å². The number of hydrogen-bond donors (Lipinski definition) is 0. The van der Waals surface area contributed by atoms with Crippen molar-refractivity contribution in [3.8, 4) is 62.1 Å². The van der Waals surface area contributed by atoms with Gasteiger partial charge in [-0.25, -0.2) is 15.0 Å². The van der Waals surface area contributed by atoms with Crippen LogP contribution >= 0.6 is 11.8 Å². The molecular formula is C49H30N4S. The zero-order valence-electron chi connectivity index (χ0n) is 29.0. The van der Waals surface area contributed by atoms with Gasteiger partial charge in [0.25, 0.3) is 0 Å². The molecule has 5 heteroatoms. The minimum Gasteiger partial charge on any atom is -0.309 e. The van der Waals surface area contributed by atoms with Crippen LogP contribution in [-0.4, -0.2) is 19.5 Å². The van der Waals surface area contributed by atoms with E-state index in [2.05, 4.69) is 126 Å². The summed E-state index contributed by atoms with van der Waals surface area (Å²) in [6.45, 7) is 0. The van der Waals surface area contributed by atoms with Gasteiger partial charge >= 0.3 is 0 Å². The zero-order valence-corrected chi connectivity index (χ0v) is 29.8. The molecule has 1 aliphatic rings. The summed E-state index contributed by atoms with van der Waals surface area (Å²) < 4.78 is 2.36. The van der Waals surface area contributed by atoms with Gasteiger partial charge in [0, 0.05) is 48.3 Å². The van der Waals surface area contributed by atoms with Gasteiger partial charge in [0.2, 0.25) is 0 Å². The Morgan fingerprint density at radius 1 is 0.370 bits per heavy atom. The first kappa shape index (κ1) is 30.8. The standard InChI is InChI=1S/C49H30N4S/c1-3-12-32(13-4-1)47-50-48(33-14-5-2-6-15-33)52-49(51-47)36-18-9-19-37(28-36)53-42-22-8-7-20-38(42)40-29-34(24-26-43(40)53)35-25-27-44-41(30-35)39-21-10-16-31-17-11-23-45(54-44)46(31)39/h1-30H. The van der Waals surface area contributed by atoms with Crippen molar-refractivity contribution in [3.63, 3.8) is 0 Å². The summed E-state index contributed by atoms with van der Waals surface area (Å²) in [6, 6.07) is 64.5. The maximum absolute atomic E-state index is 5.01. The average molecular weight is 707 g/mol. The molecule has 4 nitrogen and oxygen atoms in total. The van der Waals surface area contributed by atoms with Crippen LogP contribution in [0.5, 0.6) is 0 Å². The highest BCUT2D eigenvalue weighted by Crippen LogP contribution is 2.49. The van der Waals surface area contributed by atoms with Gasteiger partial charge in [-0.3, -0.25) is 0 Å². The fraction of sp³-hybridized carbons (Fsp3) is 0. The summed E-state index contributed by atoms with van der Waals surface area (Å²) in [5, 5.41) is 5.06. The minimum atomic E-state index is 0.636. The van der Waals surface area contributed by atoms with E-state index in [9.17, 15) is 0 Å². The molecule has 0 aliphatic carbocycles. The zero-order chi connectivity index (χ0) is 35.6. The highest BCUT2D eigenvalue weighted by molar-refractivity contribution is 7.99. The van der Waals surface area contributed by atoms with Crippen LogP contribution < -0.4 is 0 Å². The summed E-state index contributed by atoms with van der Waals surface area (Å²) >= 11 is 1.87. The Bertz CT molecular complexity index is 3010. The fourth-order valence-corrected chi connectivity index (χ4v) is 9.02. The van der Waals surface area contributed by atoms with Crippen molar-refractivity contribution < 1.29 is 0 Å². The molecule has 0 amide bonds. The Morgan fingerprint density at radius 2 is 0.981 bits per heavy atom. The topological polar surface area (TPSA) is 43.6 Å². The lowest BCUT2D eigenvalue weighted by Crippen LogP contribution is -2.01. The van der Waals surface area contributed by atoms with Crippen molar-refractivity contribution in [1.82, 2.24) is 19.5 Å². The van der Waals surface area contributed by atoms with Crippen molar-refractivity contribution in [1.29, 1.82) is 0 Å². The number of rotatable bonds is 5. The van der Waals surface area contributed by atoms with Crippen molar-refractivity contribution in [2.75, 3.05) is 0 Å². The molecule has 54 heavy (non-hydrogen) atoms. The van der Waals surface area contributed by atoms with Crippen LogP contribution in [0.3, 0.4) is 0 Å². The van der Waals surface area contributed by atoms with E-state index in [1.54, 1.807) is 0 Å². The lowest BCUT2D eigenvalue weighted by atomic mass is 9.94. The maximum atomic E-state index is 5.01. The molecule has 8 aromatic carbocycles. The van der Waals surface area contributed by atoms with Crippen molar-refractivity contribution in [2.45, 2.75) is 9.79 Å². The fourth-order valence-electron chi connectivity index (χ4n) is 7.90. The van der Waals surface area contributed by atoms with Gasteiger partial charge in [0.05, 0.1) is 11.0 Å². The van der Waals surface area contributed by atoms with E-state index < -0.39 is 0 Å². The Hall–Kier alpha value is -6.82. The lowest BCUT2D eigenvalue weighted by molar-refractivity contribution is 1.07. The van der Waals surface area contributed by atoms with Crippen LogP contribution in [0.15, 0.2) is 192 Å². The molecule has 0 saturated carbocycles. The predicted molar refractivity (Wildman–Crippen MR) is 223 cm³/mol. The predicted octanol–water partition coefficient (Wildman–Crippen LogP) is 12.9. The second kappa shape index (κ2) is 12.4. The SMILES string of the molecule is c1ccc(-c2nc(-c3ccccc3)nc(-c3cccc(-n4c5ccccc5c5cc(-c6ccc7c(c6)-c6cccc8cccc(c68)S7)ccc54)c3)n2)cc1. The number of aromatic nitrogens is 4. The minimum absolute atomic E-state index is 0.636. The third-order valence-corrected chi connectivity index (χ3v) is 11.6. The lowest BCUT2D eigenvalue weighted by Gasteiger charge is -2.21. The molecule has 0 atom stereocenters. The van der Waals surface area contributed by atoms with Crippen LogP contribution in [-0.2, 0) is 0 Å². The van der Waals surface area contributed by atoms with E-state index in [1.165, 1.54) is 53.6 Å². The quantitative estimate of drug-likeness (QED) is 0.179. The first-order chi connectivity index (χ1) is 26.7. The number of para-hydroxylation sites is 1. The van der Waals surface area contributed by atoms with E-state index in [0.717, 1.165) is 33.4 Å². The van der Waals surface area contributed by atoms with E-state index in [-0.39, 0.29) is 0 Å². The molecule has 0 radical (unpaired) electrons. The second-order valence-corrected chi connectivity index (χ2v) is 14.7.